The Bertz CT molecular complexity index is 88.5. The first-order valence-corrected chi connectivity index (χ1v) is 3.74. The van der Waals surface area contributed by atoms with Crippen molar-refractivity contribution >= 4 is 0 Å². The molecule has 0 aliphatic carbocycles. The zero-order valence-electron chi connectivity index (χ0n) is 6.34. The Balaban J connectivity index is 3.10. The summed E-state index contributed by atoms with van der Waals surface area (Å²) in [6.07, 6.45) is -1.85. The lowest BCUT2D eigenvalue weighted by Crippen LogP contribution is -2.20. The number of rotatable bonds is 6. The van der Waals surface area contributed by atoms with Crippen LogP contribution >= 0.6 is 0 Å². The van der Waals surface area contributed by atoms with E-state index in [4.69, 9.17) is 10.2 Å². The summed E-state index contributed by atoms with van der Waals surface area (Å²) >= 11 is 0. The molecule has 0 aliphatic heterocycles. The minimum atomic E-state index is -1.89. The molecule has 0 saturated carbocycles. The summed E-state index contributed by atoms with van der Waals surface area (Å²) in [5.74, 6) is 0. The van der Waals surface area contributed by atoms with Gasteiger partial charge < -0.3 is 10.2 Å². The molecule has 0 heterocycles. The van der Waals surface area contributed by atoms with Crippen molar-refractivity contribution in [3.8, 4) is 0 Å². The smallest absolute Gasteiger partial charge is 0.183 e. The topological polar surface area (TPSA) is 40.5 Å². The summed E-state index contributed by atoms with van der Waals surface area (Å²) in [6, 6.07) is 0. The molecular weight excluding hydrogens is 154 g/mol. The fraction of sp³-hybridized carbons (Fsp3) is 1.00. The van der Waals surface area contributed by atoms with Crippen molar-refractivity contribution < 1.29 is 19.0 Å². The monoisotopic (exact) mass is 168 g/mol. The molecule has 0 bridgehead atoms. The van der Waals surface area contributed by atoms with E-state index in [1.54, 1.807) is 0 Å². The van der Waals surface area contributed by atoms with Crippen LogP contribution in [0.3, 0.4) is 0 Å². The summed E-state index contributed by atoms with van der Waals surface area (Å²) < 4.78 is 23.8. The molecule has 0 saturated heterocycles. The van der Waals surface area contributed by atoms with E-state index in [1.807, 2.05) is 0 Å². The van der Waals surface area contributed by atoms with Gasteiger partial charge in [-0.3, -0.25) is 4.39 Å². The maximum atomic E-state index is 12.4. The summed E-state index contributed by atoms with van der Waals surface area (Å²) in [5, 5.41) is 16.6. The lowest BCUT2D eigenvalue weighted by atomic mass is 10.1. The van der Waals surface area contributed by atoms with Crippen LogP contribution in [0, 0.1) is 0 Å². The third-order valence-corrected chi connectivity index (χ3v) is 1.44. The second-order valence-corrected chi connectivity index (χ2v) is 2.47. The van der Waals surface area contributed by atoms with Gasteiger partial charge in [-0.15, -0.1) is 0 Å². The molecule has 4 heteroatoms. The van der Waals surface area contributed by atoms with E-state index in [0.29, 0.717) is 19.3 Å². The Labute approximate surface area is 64.8 Å². The molecule has 2 N–H and O–H groups in total. The molecule has 1 unspecified atom stereocenters. The molecule has 0 aromatic carbocycles. The lowest BCUT2D eigenvalue weighted by molar-refractivity contribution is -0.0956. The van der Waals surface area contributed by atoms with E-state index < -0.39 is 19.1 Å². The highest BCUT2D eigenvalue weighted by Gasteiger charge is 2.13. The van der Waals surface area contributed by atoms with Crippen molar-refractivity contribution in [2.24, 2.45) is 0 Å². The number of hydrogen-bond donors (Lipinski definition) is 2. The molecular formula is C7H14F2O2. The second-order valence-electron chi connectivity index (χ2n) is 2.47. The maximum Gasteiger partial charge on any atom is 0.183 e. The number of alkyl halides is 2. The van der Waals surface area contributed by atoms with Crippen molar-refractivity contribution in [3.05, 3.63) is 0 Å². The third kappa shape index (κ3) is 6.19. The van der Waals surface area contributed by atoms with Gasteiger partial charge >= 0.3 is 0 Å². The van der Waals surface area contributed by atoms with Crippen molar-refractivity contribution in [1.82, 2.24) is 0 Å². The van der Waals surface area contributed by atoms with E-state index in [-0.39, 0.29) is 6.42 Å². The zero-order chi connectivity index (χ0) is 8.69. The predicted octanol–water partition coefficient (Wildman–Crippen LogP) is 1.17. The Morgan fingerprint density at radius 1 is 1.09 bits per heavy atom. The van der Waals surface area contributed by atoms with E-state index >= 15 is 0 Å². The highest BCUT2D eigenvalue weighted by molar-refractivity contribution is 4.57. The molecule has 1 atom stereocenters. The van der Waals surface area contributed by atoms with Crippen LogP contribution in [0.2, 0.25) is 0 Å². The molecule has 0 aromatic rings. The molecule has 0 aliphatic rings. The first-order chi connectivity index (χ1) is 5.18. The molecule has 0 rings (SSSR count). The van der Waals surface area contributed by atoms with Gasteiger partial charge in [-0.2, -0.15) is 0 Å². The van der Waals surface area contributed by atoms with Gasteiger partial charge in [-0.25, -0.2) is 4.39 Å². The number of aliphatic hydroxyl groups is 2. The highest BCUT2D eigenvalue weighted by atomic mass is 19.1. The van der Waals surface area contributed by atoms with Gasteiger partial charge in [0.15, 0.2) is 12.5 Å². The number of unbranched alkanes of at least 4 members (excludes halogenated alkanes) is 2. The fourth-order valence-electron chi connectivity index (χ4n) is 0.760. The SMILES string of the molecule is OC(O)C(F)CCCCCF. The van der Waals surface area contributed by atoms with E-state index in [1.165, 1.54) is 0 Å². The van der Waals surface area contributed by atoms with Crippen LogP contribution in [0.4, 0.5) is 8.78 Å². The second kappa shape index (κ2) is 6.49. The molecule has 0 aromatic heterocycles. The summed E-state index contributed by atoms with van der Waals surface area (Å²) in [7, 11) is 0. The van der Waals surface area contributed by atoms with Gasteiger partial charge in [0.05, 0.1) is 6.67 Å². The Hall–Kier alpha value is -0.220. The Morgan fingerprint density at radius 2 is 1.73 bits per heavy atom. The van der Waals surface area contributed by atoms with Crippen LogP contribution in [-0.4, -0.2) is 29.3 Å². The van der Waals surface area contributed by atoms with Crippen LogP contribution in [0.5, 0.6) is 0 Å². The van der Waals surface area contributed by atoms with E-state index in [9.17, 15) is 8.78 Å². The Kier molecular flexibility index (Phi) is 6.36. The standard InChI is InChI=1S/C7H14F2O2/c8-5-3-1-2-4-6(9)7(10)11/h6-7,10-11H,1-5H2. The van der Waals surface area contributed by atoms with Gasteiger partial charge in [0.25, 0.3) is 0 Å². The molecule has 11 heavy (non-hydrogen) atoms. The minimum Gasteiger partial charge on any atom is -0.366 e. The third-order valence-electron chi connectivity index (χ3n) is 1.44. The van der Waals surface area contributed by atoms with Crippen molar-refractivity contribution in [2.75, 3.05) is 6.67 Å². The van der Waals surface area contributed by atoms with Crippen LogP contribution in [0.1, 0.15) is 25.7 Å². The molecule has 2 nitrogen and oxygen atoms in total. The van der Waals surface area contributed by atoms with Crippen molar-refractivity contribution in [2.45, 2.75) is 38.1 Å². The molecule has 0 fully saturated rings. The molecule has 68 valence electrons. The number of aliphatic hydroxyl groups excluding tert-OH is 1. The van der Waals surface area contributed by atoms with E-state index in [2.05, 4.69) is 0 Å². The van der Waals surface area contributed by atoms with Gasteiger partial charge in [0, 0.05) is 0 Å². The highest BCUT2D eigenvalue weighted by Crippen LogP contribution is 2.08. The van der Waals surface area contributed by atoms with Gasteiger partial charge in [0.1, 0.15) is 0 Å². The quantitative estimate of drug-likeness (QED) is 0.461. The summed E-state index contributed by atoms with van der Waals surface area (Å²) in [4.78, 5) is 0. The minimum absolute atomic E-state index is 0.0949. The summed E-state index contributed by atoms with van der Waals surface area (Å²) in [6.45, 7) is -0.390. The Morgan fingerprint density at radius 3 is 2.18 bits per heavy atom. The van der Waals surface area contributed by atoms with Gasteiger partial charge in [0.2, 0.25) is 0 Å². The number of halogens is 2. The lowest BCUT2D eigenvalue weighted by Gasteiger charge is -2.08. The normalized spacial score (nSPS) is 13.9. The van der Waals surface area contributed by atoms with Crippen molar-refractivity contribution in [3.63, 3.8) is 0 Å². The average Bonchev–Trinajstić information content (AvgIpc) is 1.97. The largest absolute Gasteiger partial charge is 0.366 e. The van der Waals surface area contributed by atoms with Gasteiger partial charge in [-0.05, 0) is 12.8 Å². The molecule has 0 radical (unpaired) electrons. The first-order valence-electron chi connectivity index (χ1n) is 3.74. The zero-order valence-corrected chi connectivity index (χ0v) is 6.34. The van der Waals surface area contributed by atoms with E-state index in [0.717, 1.165) is 0 Å². The average molecular weight is 168 g/mol. The maximum absolute atomic E-state index is 12.4. The fourth-order valence-corrected chi connectivity index (χ4v) is 0.760. The molecule has 0 spiro atoms. The van der Waals surface area contributed by atoms with Crippen molar-refractivity contribution in [1.29, 1.82) is 0 Å². The predicted molar refractivity (Wildman–Crippen MR) is 37.6 cm³/mol. The van der Waals surface area contributed by atoms with Crippen LogP contribution in [0.15, 0.2) is 0 Å². The van der Waals surface area contributed by atoms with Crippen LogP contribution in [0.25, 0.3) is 0 Å². The molecule has 0 amide bonds. The van der Waals surface area contributed by atoms with Gasteiger partial charge in [-0.1, -0.05) is 12.8 Å². The first kappa shape index (κ1) is 10.8. The van der Waals surface area contributed by atoms with Crippen LogP contribution < -0.4 is 0 Å². The van der Waals surface area contributed by atoms with Crippen LogP contribution in [-0.2, 0) is 0 Å². The number of hydrogen-bond acceptors (Lipinski definition) is 2. The summed E-state index contributed by atoms with van der Waals surface area (Å²) in [5.41, 5.74) is 0.